The number of fused-ring (bicyclic) bond motifs is 2. The molecule has 1 amide bonds. The lowest BCUT2D eigenvalue weighted by molar-refractivity contribution is -0.148. The number of cyclic esters (lactones) is 1. The molecule has 1 aromatic carbocycles. The van der Waals surface area contributed by atoms with Crippen LogP contribution < -0.4 is 10.2 Å². The Morgan fingerprint density at radius 2 is 1.65 bits per heavy atom. The number of anilines is 1. The lowest BCUT2D eigenvalue weighted by Gasteiger charge is -2.28. The van der Waals surface area contributed by atoms with Crippen molar-refractivity contribution in [1.29, 1.82) is 0 Å². The first-order chi connectivity index (χ1) is 23.1. The third-order valence-electron chi connectivity index (χ3n) is 8.38. The van der Waals surface area contributed by atoms with Crippen LogP contribution in [0.25, 0.3) is 6.08 Å². The minimum absolute atomic E-state index is 0.0171. The van der Waals surface area contributed by atoms with Crippen LogP contribution in [0.5, 0.6) is 0 Å². The Morgan fingerprint density at radius 3 is 2.35 bits per heavy atom. The first kappa shape index (κ1) is 40.6. The van der Waals surface area contributed by atoms with Gasteiger partial charge >= 0.3 is 12.1 Å². The number of hydrogen-bond donors (Lipinski definition) is 1. The van der Waals surface area contributed by atoms with Crippen molar-refractivity contribution in [2.45, 2.75) is 98.4 Å². The van der Waals surface area contributed by atoms with Crippen molar-refractivity contribution in [3.8, 4) is 0 Å². The molecule has 0 unspecified atom stereocenters. The van der Waals surface area contributed by atoms with Crippen LogP contribution in [0.15, 0.2) is 30.4 Å². The summed E-state index contributed by atoms with van der Waals surface area (Å²) in [6.07, 6.45) is 7.59. The minimum atomic E-state index is -0.703. The Hall–Kier alpha value is -2.80. The Bertz CT molecular complexity index is 1270. The van der Waals surface area contributed by atoms with Crippen molar-refractivity contribution in [2.75, 3.05) is 64.7 Å². The third kappa shape index (κ3) is 13.1. The number of methoxy groups -OCH3 is 1. The molecule has 0 aromatic heterocycles. The van der Waals surface area contributed by atoms with E-state index in [9.17, 15) is 9.59 Å². The number of carbonyl (C=O) groups excluding carboxylic acids is 2. The van der Waals surface area contributed by atoms with E-state index in [0.717, 1.165) is 0 Å². The highest BCUT2D eigenvalue weighted by molar-refractivity contribution is 5.97. The summed E-state index contributed by atoms with van der Waals surface area (Å²) in [5, 5.41) is 3.34. The van der Waals surface area contributed by atoms with Gasteiger partial charge in [-0.2, -0.15) is 0 Å². The van der Waals surface area contributed by atoms with Gasteiger partial charge in [0.1, 0.15) is 11.7 Å². The predicted molar refractivity (Wildman–Crippen MR) is 191 cm³/mol. The minimum Gasteiger partial charge on any atom is -0.458 e. The predicted octanol–water partition coefficient (Wildman–Crippen LogP) is 6.32. The van der Waals surface area contributed by atoms with Gasteiger partial charge in [-0.05, 0) is 78.1 Å². The first-order valence-electron chi connectivity index (χ1n) is 17.5. The lowest BCUT2D eigenvalue weighted by atomic mass is 9.93. The number of amides is 1. The third-order valence-corrected chi connectivity index (χ3v) is 8.38. The molecule has 0 bridgehead atoms. The average Bonchev–Trinajstić information content (AvgIpc) is 3.32. The molecule has 1 N–H and O–H groups in total. The molecule has 1 saturated heterocycles. The molecule has 276 valence electrons. The van der Waals surface area contributed by atoms with Gasteiger partial charge in [0.2, 0.25) is 0 Å². The van der Waals surface area contributed by atoms with Gasteiger partial charge in [-0.1, -0.05) is 38.2 Å². The van der Waals surface area contributed by atoms with Crippen molar-refractivity contribution in [3.63, 3.8) is 0 Å². The van der Waals surface area contributed by atoms with E-state index in [4.69, 9.17) is 33.2 Å². The van der Waals surface area contributed by atoms with E-state index >= 15 is 0 Å². The number of rotatable bonds is 13. The van der Waals surface area contributed by atoms with Gasteiger partial charge in [-0.25, -0.2) is 9.59 Å². The lowest BCUT2D eigenvalue weighted by Crippen LogP contribution is -2.41. The van der Waals surface area contributed by atoms with E-state index in [0.29, 0.717) is 81.5 Å². The highest BCUT2D eigenvalue weighted by Crippen LogP contribution is 2.35. The number of ether oxygens (including phenoxy) is 7. The molecule has 3 rings (SSSR count). The highest BCUT2D eigenvalue weighted by atomic mass is 16.8. The van der Waals surface area contributed by atoms with Crippen LogP contribution in [0.2, 0.25) is 0 Å². The summed E-state index contributed by atoms with van der Waals surface area (Å²) in [6.45, 7) is 21.4. The molecule has 2 aliphatic heterocycles. The summed E-state index contributed by atoms with van der Waals surface area (Å²) >= 11 is 0. The summed E-state index contributed by atoms with van der Waals surface area (Å²) in [6, 6.07) is 3.70. The number of benzene rings is 1. The normalized spacial score (nSPS) is 25.4. The van der Waals surface area contributed by atoms with Crippen LogP contribution in [0.1, 0.15) is 83.3 Å². The number of nitrogens with one attached hydrogen (secondary N) is 1. The number of carbonyl (C=O) groups is 2. The van der Waals surface area contributed by atoms with Gasteiger partial charge in [0.15, 0.2) is 5.79 Å². The van der Waals surface area contributed by atoms with E-state index in [-0.39, 0.29) is 30.1 Å². The number of hydrogen-bond acceptors (Lipinski definition) is 10. The summed E-state index contributed by atoms with van der Waals surface area (Å²) in [4.78, 5) is 28.9. The number of aryl methyl sites for hydroxylation is 1. The standard InChI is InChI=1S/C38H60N2O9/c1-26-14-15-27(2)34-32(47-38(8,9)48-34)13-11-12-30-25-31(24-28(3)33(30)35(41)46-29(26)4)40(36(42)49-37(5,6)7)18-16-39-17-19-44-22-23-45-21-20-43-10/h11-12,14-15,24-27,29,32,34,39H,13,16-23H2,1-10H3/b12-11+,15-14-/t26-,27-,29+,32+,34-/m1/s1. The van der Waals surface area contributed by atoms with Crippen LogP contribution in [0, 0.1) is 18.8 Å². The zero-order valence-electron chi connectivity index (χ0n) is 31.3. The zero-order valence-corrected chi connectivity index (χ0v) is 31.3. The summed E-state index contributed by atoms with van der Waals surface area (Å²) < 4.78 is 40.5. The van der Waals surface area contributed by atoms with Gasteiger partial charge in [0.05, 0.1) is 50.8 Å². The average molecular weight is 689 g/mol. The van der Waals surface area contributed by atoms with E-state index in [1.807, 2.05) is 79.7 Å². The fourth-order valence-electron chi connectivity index (χ4n) is 5.70. The molecule has 2 aliphatic rings. The van der Waals surface area contributed by atoms with Gasteiger partial charge in [-0.15, -0.1) is 0 Å². The van der Waals surface area contributed by atoms with Crippen LogP contribution >= 0.6 is 0 Å². The monoisotopic (exact) mass is 688 g/mol. The number of nitrogens with zero attached hydrogens (tertiary/aromatic N) is 1. The molecule has 0 aliphatic carbocycles. The van der Waals surface area contributed by atoms with Gasteiger partial charge < -0.3 is 38.5 Å². The van der Waals surface area contributed by atoms with Crippen LogP contribution in [0.4, 0.5) is 10.5 Å². The van der Waals surface area contributed by atoms with Crippen molar-refractivity contribution in [2.24, 2.45) is 11.8 Å². The molecular formula is C38H60N2O9. The molecular weight excluding hydrogens is 628 g/mol. The fourth-order valence-corrected chi connectivity index (χ4v) is 5.70. The highest BCUT2D eigenvalue weighted by Gasteiger charge is 2.42. The van der Waals surface area contributed by atoms with Crippen molar-refractivity contribution in [3.05, 3.63) is 47.1 Å². The maximum absolute atomic E-state index is 13.7. The fraction of sp³-hybridized carbons (Fsp3) is 0.684. The molecule has 0 saturated carbocycles. The summed E-state index contributed by atoms with van der Waals surface area (Å²) in [7, 11) is 1.64. The smallest absolute Gasteiger partial charge is 0.414 e. The van der Waals surface area contributed by atoms with Gasteiger partial charge in [0, 0.05) is 44.3 Å². The summed E-state index contributed by atoms with van der Waals surface area (Å²) in [5.41, 5.74) is 1.73. The molecule has 11 nitrogen and oxygen atoms in total. The molecule has 0 spiro atoms. The van der Waals surface area contributed by atoms with Gasteiger partial charge in [-0.3, -0.25) is 4.90 Å². The van der Waals surface area contributed by atoms with E-state index in [1.54, 1.807) is 12.0 Å². The van der Waals surface area contributed by atoms with Gasteiger partial charge in [0.25, 0.3) is 0 Å². The van der Waals surface area contributed by atoms with Crippen molar-refractivity contribution in [1.82, 2.24) is 5.32 Å². The summed E-state index contributed by atoms with van der Waals surface area (Å²) in [5.74, 6) is -1.03. The molecule has 11 heteroatoms. The van der Waals surface area contributed by atoms with Crippen LogP contribution in [0.3, 0.4) is 0 Å². The Balaban J connectivity index is 1.86. The Labute approximate surface area is 293 Å². The molecule has 0 radical (unpaired) electrons. The van der Waals surface area contributed by atoms with E-state index in [2.05, 4.69) is 24.4 Å². The molecule has 49 heavy (non-hydrogen) atoms. The second kappa shape index (κ2) is 19.0. The Morgan fingerprint density at radius 1 is 0.980 bits per heavy atom. The maximum Gasteiger partial charge on any atom is 0.414 e. The van der Waals surface area contributed by atoms with E-state index < -0.39 is 23.5 Å². The second-order valence-electron chi connectivity index (χ2n) is 14.3. The maximum atomic E-state index is 13.7. The molecule has 1 aromatic rings. The van der Waals surface area contributed by atoms with Crippen molar-refractivity contribution < 1.29 is 42.7 Å². The second-order valence-corrected chi connectivity index (χ2v) is 14.3. The first-order valence-corrected chi connectivity index (χ1v) is 17.5. The largest absolute Gasteiger partial charge is 0.458 e. The van der Waals surface area contributed by atoms with Crippen LogP contribution in [-0.2, 0) is 33.2 Å². The van der Waals surface area contributed by atoms with E-state index in [1.165, 1.54) is 0 Å². The quantitative estimate of drug-likeness (QED) is 0.144. The number of esters is 1. The SMILES string of the molecule is COCCOCCOCCNCCN(C(=O)OC(C)(C)C)c1cc(C)c2c(c1)/C=C/C[C@@H]1OC(C)(C)O[C@@H]1[C@H](C)/C=C\[C@@H](C)[C@H](C)OC2=O. The topological polar surface area (TPSA) is 114 Å². The zero-order chi connectivity index (χ0) is 36.2. The Kier molecular flexibility index (Phi) is 15.7. The molecule has 5 atom stereocenters. The molecule has 2 heterocycles. The van der Waals surface area contributed by atoms with Crippen molar-refractivity contribution >= 4 is 23.8 Å². The van der Waals surface area contributed by atoms with Crippen LogP contribution in [-0.4, -0.2) is 102 Å². The molecule has 1 fully saturated rings.